The zero-order valence-electron chi connectivity index (χ0n) is 18.2. The Morgan fingerprint density at radius 2 is 1.65 bits per heavy atom. The maximum Gasteiger partial charge on any atom is 0.260 e. The summed E-state index contributed by atoms with van der Waals surface area (Å²) in [7, 11) is 0.822. The zero-order chi connectivity index (χ0) is 23.0. The predicted octanol–water partition coefficient (Wildman–Crippen LogP) is 2.19. The molecule has 0 spiro atoms. The molecule has 0 bridgehead atoms. The van der Waals surface area contributed by atoms with Crippen LogP contribution in [0.3, 0.4) is 0 Å². The number of amides is 1. The van der Waals surface area contributed by atoms with Crippen molar-refractivity contribution in [2.45, 2.75) is 13.3 Å². The second kappa shape index (κ2) is 10.7. The molecule has 0 fully saturated rings. The number of hydrogen-bond acceptors (Lipinski definition) is 7. The maximum atomic E-state index is 12.3. The van der Waals surface area contributed by atoms with Gasteiger partial charge in [-0.15, -0.1) is 0 Å². The van der Waals surface area contributed by atoms with Crippen LogP contribution in [-0.4, -0.2) is 54.7 Å². The van der Waals surface area contributed by atoms with E-state index in [1.54, 1.807) is 24.3 Å². The van der Waals surface area contributed by atoms with E-state index in [1.807, 2.05) is 19.1 Å². The van der Waals surface area contributed by atoms with Crippen LogP contribution in [0, 0.1) is 0 Å². The lowest BCUT2D eigenvalue weighted by Crippen LogP contribution is -2.39. The topological polar surface area (TPSA) is 107 Å². The summed E-state index contributed by atoms with van der Waals surface area (Å²) in [6.07, 6.45) is 3.27. The first-order valence-corrected chi connectivity index (χ1v) is 11.3. The standard InChI is InChI=1S/C21H27N3O6S/c1-6-15-7-9-17(10-8-15)24(31(5,26)27)14-20(25)23-22-13-16-11-18(28-2)21(30-4)19(12-16)29-3/h7-13H,6,14H2,1-5H3,(H,23,25)/b22-13-. The number of ether oxygens (including phenoxy) is 3. The lowest BCUT2D eigenvalue weighted by Gasteiger charge is -2.21. The van der Waals surface area contributed by atoms with Crippen LogP contribution in [-0.2, 0) is 21.2 Å². The molecule has 9 nitrogen and oxygen atoms in total. The third kappa shape index (κ3) is 6.35. The Hall–Kier alpha value is -3.27. The van der Waals surface area contributed by atoms with E-state index in [-0.39, 0.29) is 0 Å². The Kier molecular flexibility index (Phi) is 8.26. The van der Waals surface area contributed by atoms with Crippen LogP contribution in [0.2, 0.25) is 0 Å². The molecular formula is C21H27N3O6S. The highest BCUT2D eigenvalue weighted by atomic mass is 32.2. The molecule has 0 aromatic heterocycles. The summed E-state index contributed by atoms with van der Waals surface area (Å²) < 4.78 is 41.2. The number of methoxy groups -OCH3 is 3. The molecule has 31 heavy (non-hydrogen) atoms. The first kappa shape index (κ1) is 24.0. The Morgan fingerprint density at radius 3 is 2.10 bits per heavy atom. The van der Waals surface area contributed by atoms with Gasteiger partial charge in [0.25, 0.3) is 5.91 Å². The van der Waals surface area contributed by atoms with Crippen LogP contribution in [0.4, 0.5) is 5.69 Å². The molecule has 0 saturated heterocycles. The van der Waals surface area contributed by atoms with Crippen LogP contribution in [0.25, 0.3) is 0 Å². The fourth-order valence-corrected chi connectivity index (χ4v) is 3.67. The molecule has 0 saturated carbocycles. The number of rotatable bonds is 10. The Bertz CT molecular complexity index is 1010. The van der Waals surface area contributed by atoms with Crippen LogP contribution < -0.4 is 23.9 Å². The van der Waals surface area contributed by atoms with Gasteiger partial charge in [0.2, 0.25) is 15.8 Å². The van der Waals surface area contributed by atoms with E-state index in [0.717, 1.165) is 22.5 Å². The third-order valence-corrected chi connectivity index (χ3v) is 5.55. The summed E-state index contributed by atoms with van der Waals surface area (Å²) >= 11 is 0. The van der Waals surface area contributed by atoms with Crippen molar-refractivity contribution >= 4 is 27.8 Å². The van der Waals surface area contributed by atoms with Crippen molar-refractivity contribution in [3.05, 3.63) is 47.5 Å². The molecule has 0 aliphatic heterocycles. The molecular weight excluding hydrogens is 422 g/mol. The first-order valence-electron chi connectivity index (χ1n) is 9.42. The quantitative estimate of drug-likeness (QED) is 0.440. The van der Waals surface area contributed by atoms with Gasteiger partial charge in [-0.1, -0.05) is 19.1 Å². The van der Waals surface area contributed by atoms with Gasteiger partial charge < -0.3 is 14.2 Å². The molecule has 2 aromatic rings. The summed E-state index contributed by atoms with van der Waals surface area (Å²) in [6, 6.07) is 10.3. The minimum atomic E-state index is -3.66. The van der Waals surface area contributed by atoms with Crippen molar-refractivity contribution < 1.29 is 27.4 Å². The molecule has 0 aliphatic rings. The molecule has 0 atom stereocenters. The molecule has 2 aromatic carbocycles. The van der Waals surface area contributed by atoms with Gasteiger partial charge in [-0.05, 0) is 36.2 Å². The molecule has 168 valence electrons. The fourth-order valence-electron chi connectivity index (χ4n) is 2.82. The fraction of sp³-hybridized carbons (Fsp3) is 0.333. The zero-order valence-corrected chi connectivity index (χ0v) is 19.0. The van der Waals surface area contributed by atoms with Crippen LogP contribution in [0.1, 0.15) is 18.1 Å². The van der Waals surface area contributed by atoms with E-state index in [4.69, 9.17) is 14.2 Å². The van der Waals surface area contributed by atoms with E-state index in [9.17, 15) is 13.2 Å². The van der Waals surface area contributed by atoms with Gasteiger partial charge >= 0.3 is 0 Å². The van der Waals surface area contributed by atoms with Gasteiger partial charge in [0.1, 0.15) is 6.54 Å². The van der Waals surface area contributed by atoms with E-state index < -0.39 is 22.5 Å². The monoisotopic (exact) mass is 449 g/mol. The summed E-state index contributed by atoms with van der Waals surface area (Å²) in [4.78, 5) is 12.3. The van der Waals surface area contributed by atoms with Gasteiger partial charge in [0, 0.05) is 5.56 Å². The molecule has 10 heteroatoms. The van der Waals surface area contributed by atoms with Crippen molar-refractivity contribution in [1.82, 2.24) is 5.43 Å². The first-order chi connectivity index (χ1) is 14.7. The summed E-state index contributed by atoms with van der Waals surface area (Å²) in [6.45, 7) is 1.60. The van der Waals surface area contributed by atoms with Crippen LogP contribution in [0.5, 0.6) is 17.2 Å². The Morgan fingerprint density at radius 1 is 1.06 bits per heavy atom. The molecule has 1 N–H and O–H groups in total. The highest BCUT2D eigenvalue weighted by Crippen LogP contribution is 2.37. The highest BCUT2D eigenvalue weighted by Gasteiger charge is 2.20. The lowest BCUT2D eigenvalue weighted by molar-refractivity contribution is -0.119. The summed E-state index contributed by atoms with van der Waals surface area (Å²) in [5.41, 5.74) is 4.40. The van der Waals surface area contributed by atoms with Gasteiger partial charge in [0.15, 0.2) is 11.5 Å². The average Bonchev–Trinajstić information content (AvgIpc) is 2.76. The lowest BCUT2D eigenvalue weighted by atomic mass is 10.1. The second-order valence-corrected chi connectivity index (χ2v) is 8.45. The summed E-state index contributed by atoms with van der Waals surface area (Å²) in [5, 5.41) is 3.91. The number of anilines is 1. The molecule has 2 rings (SSSR count). The van der Waals surface area contributed by atoms with E-state index in [2.05, 4.69) is 10.5 Å². The number of hydrazone groups is 1. The Labute approximate surface area is 182 Å². The maximum absolute atomic E-state index is 12.3. The number of nitrogens with zero attached hydrogens (tertiary/aromatic N) is 2. The SMILES string of the molecule is CCc1ccc(N(CC(=O)N/N=C\c2cc(OC)c(OC)c(OC)c2)S(C)(=O)=O)cc1. The number of hydrogen-bond donors (Lipinski definition) is 1. The predicted molar refractivity (Wildman–Crippen MR) is 120 cm³/mol. The number of benzene rings is 2. The van der Waals surface area contributed by atoms with E-state index in [0.29, 0.717) is 28.5 Å². The van der Waals surface area contributed by atoms with Crippen LogP contribution in [0.15, 0.2) is 41.5 Å². The molecule has 1 amide bonds. The molecule has 0 unspecified atom stereocenters. The normalized spacial score (nSPS) is 11.3. The highest BCUT2D eigenvalue weighted by molar-refractivity contribution is 7.92. The van der Waals surface area contributed by atoms with E-state index >= 15 is 0 Å². The van der Waals surface area contributed by atoms with Gasteiger partial charge in [0.05, 0.1) is 39.5 Å². The van der Waals surface area contributed by atoms with Crippen molar-refractivity contribution in [3.63, 3.8) is 0 Å². The third-order valence-electron chi connectivity index (χ3n) is 4.41. The molecule has 0 radical (unpaired) electrons. The minimum absolute atomic E-state index is 0.406. The number of aryl methyl sites for hydroxylation is 1. The van der Waals surface area contributed by atoms with Crippen molar-refractivity contribution in [1.29, 1.82) is 0 Å². The van der Waals surface area contributed by atoms with Gasteiger partial charge in [-0.25, -0.2) is 13.8 Å². The largest absolute Gasteiger partial charge is 0.493 e. The smallest absolute Gasteiger partial charge is 0.260 e. The molecule has 0 aliphatic carbocycles. The number of sulfonamides is 1. The average molecular weight is 450 g/mol. The van der Waals surface area contributed by atoms with E-state index in [1.165, 1.54) is 27.5 Å². The van der Waals surface area contributed by atoms with Crippen LogP contribution >= 0.6 is 0 Å². The van der Waals surface area contributed by atoms with Gasteiger partial charge in [-0.3, -0.25) is 9.10 Å². The number of nitrogens with one attached hydrogen (secondary N) is 1. The van der Waals surface area contributed by atoms with Crippen molar-refractivity contribution in [2.75, 3.05) is 38.4 Å². The number of carbonyl (C=O) groups is 1. The summed E-state index contributed by atoms with van der Waals surface area (Å²) in [5.74, 6) is 0.722. The second-order valence-electron chi connectivity index (χ2n) is 6.54. The Balaban J connectivity index is 2.14. The van der Waals surface area contributed by atoms with Gasteiger partial charge in [-0.2, -0.15) is 5.10 Å². The minimum Gasteiger partial charge on any atom is -0.493 e. The van der Waals surface area contributed by atoms with Crippen molar-refractivity contribution in [2.24, 2.45) is 5.10 Å². The molecule has 0 heterocycles. The number of carbonyl (C=O) groups excluding carboxylic acids is 1. The van der Waals surface area contributed by atoms with Crippen molar-refractivity contribution in [3.8, 4) is 17.2 Å².